The Bertz CT molecular complexity index is 1550. The van der Waals surface area contributed by atoms with Gasteiger partial charge in [-0.15, -0.1) is 5.10 Å². The van der Waals surface area contributed by atoms with Gasteiger partial charge >= 0.3 is 0 Å². The molecular formula is C24H18N8O. The van der Waals surface area contributed by atoms with E-state index in [4.69, 9.17) is 0 Å². The zero-order valence-electron chi connectivity index (χ0n) is 17.9. The van der Waals surface area contributed by atoms with Crippen molar-refractivity contribution in [2.45, 2.75) is 6.92 Å². The van der Waals surface area contributed by atoms with Gasteiger partial charge in [-0.2, -0.15) is 5.10 Å². The Morgan fingerprint density at radius 1 is 1.09 bits per heavy atom. The number of carbonyl (C=O) groups is 1. The van der Waals surface area contributed by atoms with Crippen molar-refractivity contribution in [3.8, 4) is 23.1 Å². The van der Waals surface area contributed by atoms with Gasteiger partial charge in [0.25, 0.3) is 5.91 Å². The number of hydrogen-bond donors (Lipinski definition) is 1. The van der Waals surface area contributed by atoms with Gasteiger partial charge in [0, 0.05) is 42.5 Å². The van der Waals surface area contributed by atoms with Crippen molar-refractivity contribution in [1.29, 1.82) is 0 Å². The Morgan fingerprint density at radius 3 is 2.85 bits per heavy atom. The molecule has 1 aromatic carbocycles. The molecule has 9 nitrogen and oxygen atoms in total. The molecule has 0 aliphatic heterocycles. The maximum absolute atomic E-state index is 12.9. The lowest BCUT2D eigenvalue weighted by Gasteiger charge is -2.08. The molecule has 4 heterocycles. The standard InChI is InChI=1S/C24H18N8O/c1-16-8-18(22-15-31(2)30-29-22)11-20(9-16)28-24(33)19-10-17(12-25-13-19)5-6-21-14-26-23-4-3-7-27-32(21)23/h3-4,7-15H,1-2H3,(H,28,33). The van der Waals surface area contributed by atoms with E-state index in [1.54, 1.807) is 33.9 Å². The third kappa shape index (κ3) is 4.31. The highest BCUT2D eigenvalue weighted by Gasteiger charge is 2.10. The molecule has 1 amide bonds. The van der Waals surface area contributed by atoms with E-state index in [9.17, 15) is 4.79 Å². The smallest absolute Gasteiger partial charge is 0.257 e. The molecule has 4 aromatic heterocycles. The van der Waals surface area contributed by atoms with Crippen LogP contribution >= 0.6 is 0 Å². The number of imidazole rings is 1. The van der Waals surface area contributed by atoms with Crippen molar-refractivity contribution < 1.29 is 4.79 Å². The van der Waals surface area contributed by atoms with E-state index in [1.807, 2.05) is 50.5 Å². The molecule has 0 saturated heterocycles. The summed E-state index contributed by atoms with van der Waals surface area (Å²) in [5, 5.41) is 15.3. The summed E-state index contributed by atoms with van der Waals surface area (Å²) in [5.74, 6) is 5.79. The van der Waals surface area contributed by atoms with E-state index in [-0.39, 0.29) is 5.91 Å². The van der Waals surface area contributed by atoms with Gasteiger partial charge in [0.1, 0.15) is 11.4 Å². The van der Waals surface area contributed by atoms with Crippen LogP contribution in [0.25, 0.3) is 16.9 Å². The Labute approximate surface area is 189 Å². The predicted molar refractivity (Wildman–Crippen MR) is 122 cm³/mol. The fourth-order valence-corrected chi connectivity index (χ4v) is 3.37. The van der Waals surface area contributed by atoms with E-state index in [1.165, 1.54) is 6.20 Å². The van der Waals surface area contributed by atoms with Crippen LogP contribution < -0.4 is 5.32 Å². The van der Waals surface area contributed by atoms with Crippen LogP contribution in [-0.2, 0) is 7.05 Å². The molecule has 0 unspecified atom stereocenters. The fourth-order valence-electron chi connectivity index (χ4n) is 3.37. The summed E-state index contributed by atoms with van der Waals surface area (Å²) in [6.45, 7) is 1.96. The van der Waals surface area contributed by atoms with Crippen LogP contribution in [0.15, 0.2) is 67.4 Å². The van der Waals surface area contributed by atoms with Gasteiger partial charge in [-0.25, -0.2) is 9.50 Å². The Morgan fingerprint density at radius 2 is 2.00 bits per heavy atom. The van der Waals surface area contributed by atoms with Gasteiger partial charge in [-0.1, -0.05) is 11.1 Å². The summed E-state index contributed by atoms with van der Waals surface area (Å²) in [5.41, 5.74) is 5.64. The highest BCUT2D eigenvalue weighted by molar-refractivity contribution is 6.04. The van der Waals surface area contributed by atoms with Gasteiger partial charge in [0.05, 0.1) is 18.0 Å². The highest BCUT2D eigenvalue weighted by Crippen LogP contribution is 2.23. The molecule has 0 bridgehead atoms. The molecule has 0 atom stereocenters. The average molecular weight is 434 g/mol. The minimum absolute atomic E-state index is 0.279. The van der Waals surface area contributed by atoms with Crippen LogP contribution in [0.1, 0.15) is 27.2 Å². The summed E-state index contributed by atoms with van der Waals surface area (Å²) in [6.07, 6.45) is 8.28. The second kappa shape index (κ2) is 8.36. The van der Waals surface area contributed by atoms with Gasteiger partial charge in [-0.3, -0.25) is 14.5 Å². The van der Waals surface area contributed by atoms with E-state index < -0.39 is 0 Å². The number of hydrogen-bond acceptors (Lipinski definition) is 6. The second-order valence-electron chi connectivity index (χ2n) is 7.47. The molecule has 5 rings (SSSR count). The molecular weight excluding hydrogens is 416 g/mol. The lowest BCUT2D eigenvalue weighted by Crippen LogP contribution is -2.12. The topological polar surface area (TPSA) is 103 Å². The quantitative estimate of drug-likeness (QED) is 0.438. The van der Waals surface area contributed by atoms with Gasteiger partial charge < -0.3 is 5.32 Å². The number of amides is 1. The van der Waals surface area contributed by atoms with Crippen LogP contribution in [0.2, 0.25) is 0 Å². The molecule has 33 heavy (non-hydrogen) atoms. The van der Waals surface area contributed by atoms with Crippen molar-refractivity contribution >= 4 is 17.2 Å². The minimum atomic E-state index is -0.279. The molecule has 0 saturated carbocycles. The second-order valence-corrected chi connectivity index (χ2v) is 7.47. The van der Waals surface area contributed by atoms with Crippen molar-refractivity contribution in [3.05, 3.63) is 89.8 Å². The van der Waals surface area contributed by atoms with Crippen LogP contribution in [0.4, 0.5) is 5.69 Å². The number of carbonyl (C=O) groups excluding carboxylic acids is 1. The zero-order chi connectivity index (χ0) is 22.8. The fraction of sp³-hybridized carbons (Fsp3) is 0.0833. The molecule has 0 aliphatic rings. The molecule has 0 spiro atoms. The normalized spacial score (nSPS) is 10.6. The van der Waals surface area contributed by atoms with Crippen LogP contribution in [-0.4, -0.2) is 40.5 Å². The third-order valence-electron chi connectivity index (χ3n) is 4.85. The number of rotatable bonds is 3. The Kier molecular flexibility index (Phi) is 5.09. The lowest BCUT2D eigenvalue weighted by atomic mass is 10.1. The van der Waals surface area contributed by atoms with Crippen LogP contribution in [0.3, 0.4) is 0 Å². The first kappa shape index (κ1) is 20.1. The third-order valence-corrected chi connectivity index (χ3v) is 4.85. The van der Waals surface area contributed by atoms with Crippen LogP contribution in [0, 0.1) is 18.8 Å². The minimum Gasteiger partial charge on any atom is -0.322 e. The summed E-state index contributed by atoms with van der Waals surface area (Å²) in [6, 6.07) is 11.1. The summed E-state index contributed by atoms with van der Waals surface area (Å²) >= 11 is 0. The molecule has 1 N–H and O–H groups in total. The molecule has 0 fully saturated rings. The van der Waals surface area contributed by atoms with Crippen molar-refractivity contribution in [2.75, 3.05) is 5.32 Å². The van der Waals surface area contributed by atoms with Crippen molar-refractivity contribution in [2.24, 2.45) is 7.05 Å². The monoisotopic (exact) mass is 434 g/mol. The Balaban J connectivity index is 1.38. The van der Waals surface area contributed by atoms with E-state index >= 15 is 0 Å². The summed E-state index contributed by atoms with van der Waals surface area (Å²) < 4.78 is 3.29. The number of nitrogens with one attached hydrogen (secondary N) is 1. The van der Waals surface area contributed by atoms with Crippen molar-refractivity contribution in [3.63, 3.8) is 0 Å². The van der Waals surface area contributed by atoms with Gasteiger partial charge in [0.2, 0.25) is 0 Å². The number of aryl methyl sites for hydroxylation is 2. The molecule has 5 aromatic rings. The summed E-state index contributed by atoms with van der Waals surface area (Å²) in [4.78, 5) is 21.3. The molecule has 0 radical (unpaired) electrons. The van der Waals surface area contributed by atoms with Gasteiger partial charge in [0.15, 0.2) is 5.65 Å². The SMILES string of the molecule is Cc1cc(NC(=O)c2cncc(C#Cc3cnc4cccnn34)c2)cc(-c2cn(C)nn2)c1. The first-order chi connectivity index (χ1) is 16.0. The molecule has 9 heteroatoms. The van der Waals surface area contributed by atoms with E-state index in [2.05, 4.69) is 42.5 Å². The maximum Gasteiger partial charge on any atom is 0.257 e. The lowest BCUT2D eigenvalue weighted by molar-refractivity contribution is 0.102. The predicted octanol–water partition coefficient (Wildman–Crippen LogP) is 2.88. The average Bonchev–Trinajstić information content (AvgIpc) is 3.44. The molecule has 0 aliphatic carbocycles. The van der Waals surface area contributed by atoms with Gasteiger partial charge in [-0.05, 0) is 54.8 Å². The number of benzene rings is 1. The number of aromatic nitrogens is 7. The highest BCUT2D eigenvalue weighted by atomic mass is 16.1. The van der Waals surface area contributed by atoms with Crippen LogP contribution in [0.5, 0.6) is 0 Å². The first-order valence-electron chi connectivity index (χ1n) is 10.1. The number of pyridine rings is 1. The Hall–Kier alpha value is -4.84. The van der Waals surface area contributed by atoms with E-state index in [0.717, 1.165) is 16.8 Å². The number of fused-ring (bicyclic) bond motifs is 1. The zero-order valence-corrected chi connectivity index (χ0v) is 17.9. The first-order valence-corrected chi connectivity index (χ1v) is 10.1. The maximum atomic E-state index is 12.9. The van der Waals surface area contributed by atoms with E-state index in [0.29, 0.717) is 28.2 Å². The largest absolute Gasteiger partial charge is 0.322 e. The molecule has 160 valence electrons. The number of nitrogens with zero attached hydrogens (tertiary/aromatic N) is 7. The summed E-state index contributed by atoms with van der Waals surface area (Å²) in [7, 11) is 1.81. The van der Waals surface area contributed by atoms with Crippen molar-refractivity contribution in [1.82, 2.24) is 34.6 Å². The number of anilines is 1.